The SMILES string of the molecule is COC(=O)[C@@H]1[C@H](C(=O)OC)C2(c3ccccc3)NC1(c1ccccc1)[C@H](C(=O)OC)[C@@H]2C(=O)OC. The Kier molecular flexibility index (Phi) is 6.38. The Morgan fingerprint density at radius 2 is 0.800 bits per heavy atom. The van der Waals surface area contributed by atoms with E-state index in [1.165, 1.54) is 28.4 Å². The van der Waals surface area contributed by atoms with E-state index in [9.17, 15) is 19.2 Å². The Hall–Kier alpha value is -3.72. The Bertz CT molecular complexity index is 999. The van der Waals surface area contributed by atoms with Crippen molar-refractivity contribution < 1.29 is 38.1 Å². The number of fused-ring (bicyclic) bond motifs is 2. The largest absolute Gasteiger partial charge is 0.469 e. The van der Waals surface area contributed by atoms with Crippen LogP contribution in [0, 0.1) is 23.7 Å². The summed E-state index contributed by atoms with van der Waals surface area (Å²) in [5, 5.41) is 3.45. The molecule has 2 heterocycles. The van der Waals surface area contributed by atoms with Gasteiger partial charge in [-0.1, -0.05) is 60.7 Å². The van der Waals surface area contributed by atoms with Gasteiger partial charge in [0, 0.05) is 0 Å². The van der Waals surface area contributed by atoms with Crippen LogP contribution < -0.4 is 5.32 Å². The lowest BCUT2D eigenvalue weighted by Crippen LogP contribution is -2.59. The molecule has 9 nitrogen and oxygen atoms in total. The molecule has 2 aromatic carbocycles. The summed E-state index contributed by atoms with van der Waals surface area (Å²) in [6.45, 7) is 0. The first-order chi connectivity index (χ1) is 16.8. The average molecular weight is 482 g/mol. The van der Waals surface area contributed by atoms with Crippen molar-refractivity contribution in [3.05, 3.63) is 71.8 Å². The van der Waals surface area contributed by atoms with Crippen molar-refractivity contribution in [2.45, 2.75) is 11.1 Å². The van der Waals surface area contributed by atoms with Crippen LogP contribution >= 0.6 is 0 Å². The molecule has 0 amide bonds. The molecule has 2 bridgehead atoms. The third kappa shape index (κ3) is 3.25. The fourth-order valence-corrected chi connectivity index (χ4v) is 6.18. The van der Waals surface area contributed by atoms with Crippen LogP contribution in [0.3, 0.4) is 0 Å². The summed E-state index contributed by atoms with van der Waals surface area (Å²) < 4.78 is 20.7. The number of nitrogens with one attached hydrogen (secondary N) is 1. The first-order valence-corrected chi connectivity index (χ1v) is 11.1. The van der Waals surface area contributed by atoms with Crippen LogP contribution in [-0.2, 0) is 49.2 Å². The molecule has 0 unspecified atom stereocenters. The van der Waals surface area contributed by atoms with Crippen LogP contribution in [0.15, 0.2) is 60.7 Å². The molecule has 9 heteroatoms. The fraction of sp³-hybridized carbons (Fsp3) is 0.385. The molecule has 1 N–H and O–H groups in total. The minimum Gasteiger partial charge on any atom is -0.469 e. The van der Waals surface area contributed by atoms with E-state index in [-0.39, 0.29) is 0 Å². The third-order valence-electron chi connectivity index (χ3n) is 7.37. The molecule has 2 aliphatic rings. The van der Waals surface area contributed by atoms with E-state index in [0.29, 0.717) is 11.1 Å². The van der Waals surface area contributed by atoms with Gasteiger partial charge in [0.15, 0.2) is 0 Å². The monoisotopic (exact) mass is 481 g/mol. The van der Waals surface area contributed by atoms with Crippen molar-refractivity contribution >= 4 is 23.9 Å². The van der Waals surface area contributed by atoms with Crippen molar-refractivity contribution in [1.29, 1.82) is 0 Å². The molecule has 35 heavy (non-hydrogen) atoms. The second kappa shape index (κ2) is 9.14. The Morgan fingerprint density at radius 3 is 1.03 bits per heavy atom. The van der Waals surface area contributed by atoms with Crippen molar-refractivity contribution in [3.63, 3.8) is 0 Å². The van der Waals surface area contributed by atoms with Gasteiger partial charge in [0.05, 0.1) is 63.2 Å². The van der Waals surface area contributed by atoms with E-state index in [4.69, 9.17) is 18.9 Å². The van der Waals surface area contributed by atoms with Gasteiger partial charge in [0.1, 0.15) is 0 Å². The van der Waals surface area contributed by atoms with Gasteiger partial charge in [0.25, 0.3) is 0 Å². The molecule has 4 rings (SSSR count). The molecule has 0 radical (unpaired) electrons. The van der Waals surface area contributed by atoms with E-state index < -0.39 is 58.6 Å². The topological polar surface area (TPSA) is 117 Å². The zero-order valence-corrected chi connectivity index (χ0v) is 19.8. The number of rotatable bonds is 6. The molecule has 0 aliphatic carbocycles. The number of methoxy groups -OCH3 is 4. The van der Waals surface area contributed by atoms with Gasteiger partial charge in [0.2, 0.25) is 0 Å². The minimum atomic E-state index is -1.55. The second-order valence-corrected chi connectivity index (χ2v) is 8.60. The average Bonchev–Trinajstić information content (AvgIpc) is 3.41. The molecule has 2 aromatic rings. The maximum atomic E-state index is 13.5. The second-order valence-electron chi connectivity index (χ2n) is 8.60. The van der Waals surface area contributed by atoms with Gasteiger partial charge in [-0.25, -0.2) is 0 Å². The van der Waals surface area contributed by atoms with Gasteiger partial charge in [-0.2, -0.15) is 0 Å². The Labute approximate surface area is 202 Å². The zero-order chi connectivity index (χ0) is 25.4. The summed E-state index contributed by atoms with van der Waals surface area (Å²) in [7, 11) is 4.84. The summed E-state index contributed by atoms with van der Waals surface area (Å²) in [6, 6.07) is 17.5. The van der Waals surface area contributed by atoms with E-state index in [0.717, 1.165) is 0 Å². The lowest BCUT2D eigenvalue weighted by Gasteiger charge is -2.45. The molecule has 0 saturated carbocycles. The van der Waals surface area contributed by atoms with Gasteiger partial charge in [-0.3, -0.25) is 24.5 Å². The van der Waals surface area contributed by atoms with Crippen LogP contribution in [-0.4, -0.2) is 52.3 Å². The van der Waals surface area contributed by atoms with Crippen LogP contribution in [0.25, 0.3) is 0 Å². The maximum absolute atomic E-state index is 13.5. The smallest absolute Gasteiger partial charge is 0.311 e. The van der Waals surface area contributed by atoms with Crippen molar-refractivity contribution in [2.75, 3.05) is 28.4 Å². The Morgan fingerprint density at radius 1 is 0.543 bits per heavy atom. The molecule has 2 aliphatic heterocycles. The number of carbonyl (C=O) groups excluding carboxylic acids is 4. The third-order valence-corrected chi connectivity index (χ3v) is 7.37. The predicted molar refractivity (Wildman–Crippen MR) is 121 cm³/mol. The summed E-state index contributed by atoms with van der Waals surface area (Å²) in [4.78, 5) is 53.8. The minimum absolute atomic E-state index is 0.518. The van der Waals surface area contributed by atoms with Crippen LogP contribution in [0.5, 0.6) is 0 Å². The molecule has 184 valence electrons. The predicted octanol–water partition coefficient (Wildman–Crippen LogP) is 1.55. The molecular weight excluding hydrogens is 454 g/mol. The van der Waals surface area contributed by atoms with Crippen LogP contribution in [0.4, 0.5) is 0 Å². The van der Waals surface area contributed by atoms with Gasteiger partial charge in [-0.15, -0.1) is 0 Å². The molecule has 2 saturated heterocycles. The lowest BCUT2D eigenvalue weighted by atomic mass is 9.53. The molecule has 0 aromatic heterocycles. The molecule has 0 spiro atoms. The molecule has 4 atom stereocenters. The van der Waals surface area contributed by atoms with Crippen molar-refractivity contribution in [1.82, 2.24) is 5.32 Å². The summed E-state index contributed by atoms with van der Waals surface area (Å²) >= 11 is 0. The highest BCUT2D eigenvalue weighted by Gasteiger charge is 2.82. The number of carbonyl (C=O) groups is 4. The number of hydrogen-bond donors (Lipinski definition) is 1. The quantitative estimate of drug-likeness (QED) is 0.484. The van der Waals surface area contributed by atoms with E-state index in [2.05, 4.69) is 5.32 Å². The standard InChI is InChI=1S/C26H27NO8/c1-32-21(28)17-18(22(29)33-2)26(16-13-9-6-10-14-16)20(24(31)35-4)19(23(30)34-3)25(17,27-26)15-11-7-5-8-12-15/h5-14,17-20,27H,1-4H3/t17-,18+,19-,20+,25?,26?. The number of esters is 4. The van der Waals surface area contributed by atoms with Gasteiger partial charge in [-0.05, 0) is 11.1 Å². The normalized spacial score (nSPS) is 30.9. The fourth-order valence-electron chi connectivity index (χ4n) is 6.18. The maximum Gasteiger partial charge on any atom is 0.311 e. The lowest BCUT2D eigenvalue weighted by molar-refractivity contribution is -0.177. The number of hydrogen-bond acceptors (Lipinski definition) is 9. The van der Waals surface area contributed by atoms with Crippen LogP contribution in [0.1, 0.15) is 11.1 Å². The zero-order valence-electron chi connectivity index (χ0n) is 19.8. The highest BCUT2D eigenvalue weighted by molar-refractivity contribution is 5.94. The first-order valence-electron chi connectivity index (χ1n) is 11.1. The van der Waals surface area contributed by atoms with E-state index in [1.807, 2.05) is 0 Å². The molecular formula is C26H27NO8. The van der Waals surface area contributed by atoms with E-state index >= 15 is 0 Å². The van der Waals surface area contributed by atoms with E-state index in [1.54, 1.807) is 60.7 Å². The van der Waals surface area contributed by atoms with Gasteiger partial charge < -0.3 is 18.9 Å². The van der Waals surface area contributed by atoms with Crippen molar-refractivity contribution in [3.8, 4) is 0 Å². The summed E-state index contributed by atoms with van der Waals surface area (Å²) in [5.74, 6) is -7.84. The van der Waals surface area contributed by atoms with Gasteiger partial charge >= 0.3 is 23.9 Å². The first kappa shape index (κ1) is 24.4. The highest BCUT2D eigenvalue weighted by Crippen LogP contribution is 2.67. The number of ether oxygens (including phenoxy) is 4. The molecule has 2 fully saturated rings. The summed E-state index contributed by atoms with van der Waals surface area (Å²) in [5.41, 5.74) is -2.06. The Balaban J connectivity index is 2.18. The number of benzene rings is 2. The van der Waals surface area contributed by atoms with Crippen LogP contribution in [0.2, 0.25) is 0 Å². The summed E-state index contributed by atoms with van der Waals surface area (Å²) in [6.07, 6.45) is 0. The highest BCUT2D eigenvalue weighted by atomic mass is 16.5. The van der Waals surface area contributed by atoms with Crippen molar-refractivity contribution in [2.24, 2.45) is 23.7 Å².